The van der Waals surface area contributed by atoms with E-state index >= 15 is 0 Å². The van der Waals surface area contributed by atoms with Crippen molar-refractivity contribution >= 4 is 45.9 Å². The minimum atomic E-state index is -0.612. The number of hydrogen-bond donors (Lipinski definition) is 2. The normalized spacial score (nSPS) is 10.6. The second-order valence-corrected chi connectivity index (χ2v) is 6.68. The molecule has 0 fully saturated rings. The lowest BCUT2D eigenvalue weighted by Gasteiger charge is -2.11. The lowest BCUT2D eigenvalue weighted by molar-refractivity contribution is -0.123. The first kappa shape index (κ1) is 19.9. The van der Waals surface area contributed by atoms with E-state index < -0.39 is 17.6 Å². The summed E-state index contributed by atoms with van der Waals surface area (Å²) in [7, 11) is 0. The number of carbonyl (C=O) groups is 2. The molecule has 0 radical (unpaired) electrons. The number of halogens is 3. The molecular formula is C19H14Cl2FN3O3. The molecule has 0 unspecified atom stereocenters. The average Bonchev–Trinajstić information content (AvgIpc) is 2.65. The number of pyridine rings is 1. The van der Waals surface area contributed by atoms with Crippen LogP contribution in [0.15, 0.2) is 42.5 Å². The van der Waals surface area contributed by atoms with Gasteiger partial charge in [-0.2, -0.15) is 0 Å². The Bertz CT molecular complexity index is 1080. The van der Waals surface area contributed by atoms with Crippen LogP contribution in [0.2, 0.25) is 10.0 Å². The average molecular weight is 422 g/mol. The fraction of sp³-hybridized carbons (Fsp3) is 0.105. The highest BCUT2D eigenvalue weighted by atomic mass is 35.5. The van der Waals surface area contributed by atoms with Crippen LogP contribution in [0.5, 0.6) is 5.75 Å². The second kappa shape index (κ2) is 8.41. The lowest BCUT2D eigenvalue weighted by atomic mass is 10.1. The molecule has 0 saturated carbocycles. The van der Waals surface area contributed by atoms with E-state index in [0.29, 0.717) is 21.6 Å². The number of aromatic nitrogens is 1. The van der Waals surface area contributed by atoms with Crippen LogP contribution in [0.4, 0.5) is 4.39 Å². The van der Waals surface area contributed by atoms with Gasteiger partial charge in [-0.15, -0.1) is 0 Å². The third-order valence-corrected chi connectivity index (χ3v) is 4.24. The van der Waals surface area contributed by atoms with Crippen molar-refractivity contribution in [3.05, 3.63) is 69.6 Å². The number of rotatable bonds is 4. The van der Waals surface area contributed by atoms with E-state index in [1.165, 1.54) is 36.4 Å². The van der Waals surface area contributed by atoms with Crippen molar-refractivity contribution in [3.8, 4) is 5.75 Å². The van der Waals surface area contributed by atoms with Gasteiger partial charge in [-0.25, -0.2) is 4.39 Å². The summed E-state index contributed by atoms with van der Waals surface area (Å²) in [5.74, 6) is -1.44. The maximum absolute atomic E-state index is 13.5. The van der Waals surface area contributed by atoms with Crippen LogP contribution < -0.4 is 15.6 Å². The van der Waals surface area contributed by atoms with Crippen molar-refractivity contribution in [3.63, 3.8) is 0 Å². The quantitative estimate of drug-likeness (QED) is 0.627. The number of aryl methyl sites for hydroxylation is 1. The predicted octanol–water partition coefficient (Wildman–Crippen LogP) is 3.83. The number of hydrogen-bond acceptors (Lipinski definition) is 4. The van der Waals surface area contributed by atoms with E-state index in [0.717, 1.165) is 0 Å². The zero-order valence-electron chi connectivity index (χ0n) is 14.6. The molecule has 0 saturated heterocycles. The first-order chi connectivity index (χ1) is 13.3. The summed E-state index contributed by atoms with van der Waals surface area (Å²) in [6, 6.07) is 10.0. The molecule has 2 N–H and O–H groups in total. The molecule has 1 heterocycles. The van der Waals surface area contributed by atoms with Crippen LogP contribution >= 0.6 is 23.2 Å². The van der Waals surface area contributed by atoms with Gasteiger partial charge < -0.3 is 4.74 Å². The molecule has 0 aliphatic heterocycles. The molecule has 9 heteroatoms. The number of hydrazine groups is 1. The zero-order chi connectivity index (χ0) is 20.3. The Morgan fingerprint density at radius 2 is 1.89 bits per heavy atom. The van der Waals surface area contributed by atoms with Crippen molar-refractivity contribution in [1.82, 2.24) is 15.8 Å². The molecule has 0 aliphatic carbocycles. The molecular weight excluding hydrogens is 408 g/mol. The van der Waals surface area contributed by atoms with Crippen molar-refractivity contribution in [2.75, 3.05) is 6.61 Å². The van der Waals surface area contributed by atoms with Gasteiger partial charge in [-0.3, -0.25) is 25.4 Å². The standard InChI is InChI=1S/C19H14Cl2FN3O3/c1-10-6-14(13-8-12(22)3-4-16(13)23-10)19(27)25-24-18(26)9-28-17-5-2-11(20)7-15(17)21/h2-8H,9H2,1H3,(H,24,26)(H,25,27). The van der Waals surface area contributed by atoms with Gasteiger partial charge in [0.25, 0.3) is 11.8 Å². The maximum atomic E-state index is 13.5. The largest absolute Gasteiger partial charge is 0.482 e. The molecule has 0 bridgehead atoms. The highest BCUT2D eigenvalue weighted by molar-refractivity contribution is 6.35. The van der Waals surface area contributed by atoms with Gasteiger partial charge in [0, 0.05) is 16.1 Å². The maximum Gasteiger partial charge on any atom is 0.276 e. The summed E-state index contributed by atoms with van der Waals surface area (Å²) in [5, 5.41) is 1.03. The number of carbonyl (C=O) groups excluding carboxylic acids is 2. The number of ether oxygens (including phenoxy) is 1. The fourth-order valence-electron chi connectivity index (χ4n) is 2.48. The number of nitrogens with one attached hydrogen (secondary N) is 2. The van der Waals surface area contributed by atoms with Crippen LogP contribution in [0, 0.1) is 12.7 Å². The Hall–Kier alpha value is -2.90. The zero-order valence-corrected chi connectivity index (χ0v) is 16.1. The minimum absolute atomic E-state index is 0.184. The summed E-state index contributed by atoms with van der Waals surface area (Å²) in [6.45, 7) is 1.33. The van der Waals surface area contributed by atoms with Crippen molar-refractivity contribution in [2.24, 2.45) is 0 Å². The molecule has 0 atom stereocenters. The van der Waals surface area contributed by atoms with Crippen molar-refractivity contribution in [1.29, 1.82) is 0 Å². The first-order valence-electron chi connectivity index (χ1n) is 8.07. The Labute approximate surface area is 169 Å². The summed E-state index contributed by atoms with van der Waals surface area (Å²) in [6.07, 6.45) is 0. The molecule has 2 amide bonds. The van der Waals surface area contributed by atoms with Gasteiger partial charge in [-0.1, -0.05) is 23.2 Å². The Morgan fingerprint density at radius 1 is 1.11 bits per heavy atom. The van der Waals surface area contributed by atoms with E-state index in [-0.39, 0.29) is 22.9 Å². The highest BCUT2D eigenvalue weighted by Crippen LogP contribution is 2.27. The lowest BCUT2D eigenvalue weighted by Crippen LogP contribution is -2.44. The van der Waals surface area contributed by atoms with E-state index in [2.05, 4.69) is 15.8 Å². The molecule has 0 spiro atoms. The number of fused-ring (bicyclic) bond motifs is 1. The second-order valence-electron chi connectivity index (χ2n) is 5.84. The molecule has 1 aromatic heterocycles. The first-order valence-corrected chi connectivity index (χ1v) is 8.83. The molecule has 6 nitrogen and oxygen atoms in total. The Kier molecular flexibility index (Phi) is 5.96. The minimum Gasteiger partial charge on any atom is -0.482 e. The third-order valence-electron chi connectivity index (χ3n) is 3.71. The van der Waals surface area contributed by atoms with Crippen LogP contribution in [-0.2, 0) is 4.79 Å². The number of amides is 2. The van der Waals surface area contributed by atoms with Crippen LogP contribution in [-0.4, -0.2) is 23.4 Å². The molecule has 3 rings (SSSR count). The van der Waals surface area contributed by atoms with E-state index in [1.54, 1.807) is 13.0 Å². The smallest absolute Gasteiger partial charge is 0.276 e. The summed E-state index contributed by atoms with van der Waals surface area (Å²) in [4.78, 5) is 28.6. The molecule has 2 aromatic carbocycles. The van der Waals surface area contributed by atoms with Gasteiger partial charge in [-0.05, 0) is 49.4 Å². The van der Waals surface area contributed by atoms with Gasteiger partial charge in [0.1, 0.15) is 11.6 Å². The molecule has 3 aromatic rings. The predicted molar refractivity (Wildman–Crippen MR) is 104 cm³/mol. The molecule has 144 valence electrons. The van der Waals surface area contributed by atoms with Crippen molar-refractivity contribution < 1.29 is 18.7 Å². The topological polar surface area (TPSA) is 80.3 Å². The van der Waals surface area contributed by atoms with Gasteiger partial charge >= 0.3 is 0 Å². The summed E-state index contributed by atoms with van der Waals surface area (Å²) < 4.78 is 18.8. The van der Waals surface area contributed by atoms with Gasteiger partial charge in [0.2, 0.25) is 0 Å². The molecule has 28 heavy (non-hydrogen) atoms. The van der Waals surface area contributed by atoms with Gasteiger partial charge in [0.05, 0.1) is 16.1 Å². The van der Waals surface area contributed by atoms with Crippen LogP contribution in [0.3, 0.4) is 0 Å². The van der Waals surface area contributed by atoms with Crippen LogP contribution in [0.1, 0.15) is 16.1 Å². The van der Waals surface area contributed by atoms with E-state index in [9.17, 15) is 14.0 Å². The molecule has 0 aliphatic rings. The highest BCUT2D eigenvalue weighted by Gasteiger charge is 2.14. The fourth-order valence-corrected chi connectivity index (χ4v) is 2.95. The van der Waals surface area contributed by atoms with E-state index in [1.807, 2.05) is 0 Å². The van der Waals surface area contributed by atoms with Crippen LogP contribution in [0.25, 0.3) is 10.9 Å². The van der Waals surface area contributed by atoms with E-state index in [4.69, 9.17) is 27.9 Å². The number of benzene rings is 2. The third kappa shape index (κ3) is 4.68. The summed E-state index contributed by atoms with van der Waals surface area (Å²) in [5.41, 5.74) is 5.74. The Morgan fingerprint density at radius 3 is 2.64 bits per heavy atom. The van der Waals surface area contributed by atoms with Crippen molar-refractivity contribution in [2.45, 2.75) is 6.92 Å². The Balaban J connectivity index is 1.64. The van der Waals surface area contributed by atoms with Gasteiger partial charge in [0.15, 0.2) is 6.61 Å². The summed E-state index contributed by atoms with van der Waals surface area (Å²) >= 11 is 11.7. The monoisotopic (exact) mass is 421 g/mol. The SMILES string of the molecule is Cc1cc(C(=O)NNC(=O)COc2ccc(Cl)cc2Cl)c2cc(F)ccc2n1. The number of nitrogens with zero attached hydrogens (tertiary/aromatic N) is 1.